The quantitative estimate of drug-likeness (QED) is 0.0809. The van der Waals surface area contributed by atoms with Gasteiger partial charge in [-0.15, -0.1) is 0 Å². The topological polar surface area (TPSA) is 232 Å². The molecule has 1 saturated heterocycles. The number of rotatable bonds is 14. The first-order valence-electron chi connectivity index (χ1n) is 10.8. The van der Waals surface area contributed by atoms with Gasteiger partial charge in [0, 0.05) is 13.1 Å². The van der Waals surface area contributed by atoms with Gasteiger partial charge in [-0.3, -0.25) is 24.2 Å². The lowest BCUT2D eigenvalue weighted by atomic mass is 10.1. The number of nitrogens with zero attached hydrogens (tertiary/aromatic N) is 2. The molecule has 1 heterocycles. The van der Waals surface area contributed by atoms with Gasteiger partial charge in [0.1, 0.15) is 18.6 Å². The Kier molecular flexibility index (Phi) is 12.0. The number of guanidine groups is 1. The maximum absolute atomic E-state index is 12.9. The Hall–Kier alpha value is -2.93. The van der Waals surface area contributed by atoms with E-state index in [-0.39, 0.29) is 24.8 Å². The molecule has 1 rings (SSSR count). The van der Waals surface area contributed by atoms with E-state index in [2.05, 4.69) is 15.6 Å². The molecule has 13 heteroatoms. The van der Waals surface area contributed by atoms with Gasteiger partial charge in [-0.1, -0.05) is 6.42 Å². The highest BCUT2D eigenvalue weighted by Crippen LogP contribution is 2.19. The number of carboxylic acids is 1. The van der Waals surface area contributed by atoms with Crippen LogP contribution in [0.25, 0.3) is 0 Å². The average Bonchev–Trinajstić information content (AvgIpc) is 3.23. The summed E-state index contributed by atoms with van der Waals surface area (Å²) >= 11 is 0. The van der Waals surface area contributed by atoms with Gasteiger partial charge in [0.05, 0.1) is 6.04 Å². The number of nitrogens with two attached hydrogens (primary N) is 4. The minimum Gasteiger partial charge on any atom is -0.480 e. The zero-order valence-corrected chi connectivity index (χ0v) is 18.3. The van der Waals surface area contributed by atoms with Crippen LogP contribution in [0.15, 0.2) is 4.99 Å². The van der Waals surface area contributed by atoms with Crippen molar-refractivity contribution in [2.75, 3.05) is 26.2 Å². The van der Waals surface area contributed by atoms with Crippen LogP contribution >= 0.6 is 0 Å². The molecule has 0 aromatic rings. The monoisotopic (exact) mass is 456 g/mol. The van der Waals surface area contributed by atoms with E-state index in [1.807, 2.05) is 0 Å². The Morgan fingerprint density at radius 1 is 1.12 bits per heavy atom. The van der Waals surface area contributed by atoms with Crippen molar-refractivity contribution in [3.63, 3.8) is 0 Å². The van der Waals surface area contributed by atoms with Gasteiger partial charge >= 0.3 is 5.97 Å². The Balaban J connectivity index is 2.77. The number of aliphatic imine (C=N–C) groups is 1. The van der Waals surface area contributed by atoms with Gasteiger partial charge in [0.2, 0.25) is 17.7 Å². The van der Waals surface area contributed by atoms with E-state index in [0.29, 0.717) is 38.8 Å². The van der Waals surface area contributed by atoms with Crippen molar-refractivity contribution >= 4 is 29.7 Å². The SMILES string of the molecule is NCCCCC(N)C(=O)N1CCCC1C(=O)NC(CCCN=C(N)N)C(=O)NCC(=O)O. The van der Waals surface area contributed by atoms with Gasteiger partial charge in [0.15, 0.2) is 5.96 Å². The number of hydrogen-bond acceptors (Lipinski definition) is 7. The second kappa shape index (κ2) is 14.2. The van der Waals surface area contributed by atoms with Crippen molar-refractivity contribution in [1.82, 2.24) is 15.5 Å². The number of hydrogen-bond donors (Lipinski definition) is 7. The number of unbranched alkanes of at least 4 members (excludes halogenated alkanes) is 1. The van der Waals surface area contributed by atoms with Crippen molar-refractivity contribution in [1.29, 1.82) is 0 Å². The summed E-state index contributed by atoms with van der Waals surface area (Å²) in [6, 6.07) is -2.45. The van der Waals surface area contributed by atoms with Crippen molar-refractivity contribution in [3.8, 4) is 0 Å². The lowest BCUT2D eigenvalue weighted by molar-refractivity contribution is -0.141. The molecular weight excluding hydrogens is 420 g/mol. The molecule has 0 bridgehead atoms. The Morgan fingerprint density at radius 3 is 2.47 bits per heavy atom. The van der Waals surface area contributed by atoms with Gasteiger partial charge in [-0.25, -0.2) is 0 Å². The van der Waals surface area contributed by atoms with Crippen molar-refractivity contribution in [2.24, 2.45) is 27.9 Å². The highest BCUT2D eigenvalue weighted by molar-refractivity contribution is 5.94. The summed E-state index contributed by atoms with van der Waals surface area (Å²) in [6.07, 6.45) is 3.61. The highest BCUT2D eigenvalue weighted by Gasteiger charge is 2.37. The second-order valence-electron chi connectivity index (χ2n) is 7.70. The fourth-order valence-corrected chi connectivity index (χ4v) is 3.47. The van der Waals surface area contributed by atoms with Gasteiger partial charge in [-0.2, -0.15) is 0 Å². The first kappa shape index (κ1) is 27.1. The lowest BCUT2D eigenvalue weighted by Crippen LogP contribution is -2.55. The molecule has 13 nitrogen and oxygen atoms in total. The predicted octanol–water partition coefficient (Wildman–Crippen LogP) is -2.83. The molecule has 3 unspecified atom stereocenters. The largest absolute Gasteiger partial charge is 0.480 e. The number of likely N-dealkylation sites (tertiary alicyclic amines) is 1. The molecule has 32 heavy (non-hydrogen) atoms. The number of nitrogens with one attached hydrogen (secondary N) is 2. The maximum Gasteiger partial charge on any atom is 0.322 e. The molecule has 0 saturated carbocycles. The fraction of sp³-hybridized carbons (Fsp3) is 0.737. The molecular formula is C19H36N8O5. The van der Waals surface area contributed by atoms with Crippen LogP contribution in [0.3, 0.4) is 0 Å². The maximum atomic E-state index is 12.9. The van der Waals surface area contributed by atoms with Gasteiger partial charge in [0.25, 0.3) is 0 Å². The van der Waals surface area contributed by atoms with E-state index < -0.39 is 42.5 Å². The number of amides is 3. The lowest BCUT2D eigenvalue weighted by Gasteiger charge is -2.28. The number of carbonyl (C=O) groups excluding carboxylic acids is 3. The molecule has 182 valence electrons. The van der Waals surface area contributed by atoms with Crippen LogP contribution in [0.5, 0.6) is 0 Å². The molecule has 11 N–H and O–H groups in total. The van der Waals surface area contributed by atoms with Crippen LogP contribution in [0.4, 0.5) is 0 Å². The van der Waals surface area contributed by atoms with Gasteiger partial charge in [-0.05, 0) is 45.1 Å². The summed E-state index contributed by atoms with van der Waals surface area (Å²) in [6.45, 7) is 0.587. The smallest absolute Gasteiger partial charge is 0.322 e. The zero-order valence-electron chi connectivity index (χ0n) is 18.3. The van der Waals surface area contributed by atoms with E-state index in [1.165, 1.54) is 4.90 Å². The van der Waals surface area contributed by atoms with Gasteiger partial charge < -0.3 is 43.6 Å². The summed E-state index contributed by atoms with van der Waals surface area (Å²) in [4.78, 5) is 54.1. The normalized spacial score (nSPS) is 17.3. The van der Waals surface area contributed by atoms with E-state index in [9.17, 15) is 19.2 Å². The van der Waals surface area contributed by atoms with Crippen LogP contribution < -0.4 is 33.6 Å². The molecule has 3 amide bonds. The summed E-state index contributed by atoms with van der Waals surface area (Å²) in [5, 5.41) is 13.7. The second-order valence-corrected chi connectivity index (χ2v) is 7.70. The molecule has 0 radical (unpaired) electrons. The Labute approximate surface area is 187 Å². The van der Waals surface area contributed by atoms with E-state index in [4.69, 9.17) is 28.0 Å². The first-order valence-corrected chi connectivity index (χ1v) is 10.8. The number of aliphatic carboxylic acids is 1. The van der Waals surface area contributed by atoms with Crippen LogP contribution in [0, 0.1) is 0 Å². The fourth-order valence-electron chi connectivity index (χ4n) is 3.47. The molecule has 1 fully saturated rings. The summed E-state index contributed by atoms with van der Waals surface area (Å²) in [5.74, 6) is -2.73. The third-order valence-corrected chi connectivity index (χ3v) is 5.12. The molecule has 3 atom stereocenters. The first-order chi connectivity index (χ1) is 15.2. The van der Waals surface area contributed by atoms with Crippen LogP contribution in [0.1, 0.15) is 44.9 Å². The van der Waals surface area contributed by atoms with E-state index in [1.54, 1.807) is 0 Å². The summed E-state index contributed by atoms with van der Waals surface area (Å²) in [7, 11) is 0. The molecule has 0 aliphatic carbocycles. The summed E-state index contributed by atoms with van der Waals surface area (Å²) in [5.41, 5.74) is 22.0. The van der Waals surface area contributed by atoms with Crippen LogP contribution in [0.2, 0.25) is 0 Å². The molecule has 0 spiro atoms. The zero-order chi connectivity index (χ0) is 24.1. The third kappa shape index (κ3) is 9.47. The molecule has 0 aromatic heterocycles. The standard InChI is InChI=1S/C19H36N8O5/c20-8-2-1-5-12(21)18(32)27-10-4-7-14(27)17(31)26-13(6-3-9-24-19(22)23)16(30)25-11-15(28)29/h12-14H,1-11,20-21H2,(H,25,30)(H,26,31)(H,28,29)(H4,22,23,24). The number of carbonyl (C=O) groups is 4. The predicted molar refractivity (Wildman–Crippen MR) is 118 cm³/mol. The summed E-state index contributed by atoms with van der Waals surface area (Å²) < 4.78 is 0. The highest BCUT2D eigenvalue weighted by atomic mass is 16.4. The Morgan fingerprint density at radius 2 is 1.84 bits per heavy atom. The van der Waals surface area contributed by atoms with Crippen LogP contribution in [-0.2, 0) is 19.2 Å². The third-order valence-electron chi connectivity index (χ3n) is 5.12. The van der Waals surface area contributed by atoms with Crippen molar-refractivity contribution in [3.05, 3.63) is 0 Å². The number of carboxylic acid groups (broad SMARTS) is 1. The molecule has 0 aromatic carbocycles. The minimum absolute atomic E-state index is 0.0937. The van der Waals surface area contributed by atoms with Crippen LogP contribution in [-0.4, -0.2) is 84.0 Å². The molecule has 1 aliphatic heterocycles. The van der Waals surface area contributed by atoms with Crippen molar-refractivity contribution in [2.45, 2.75) is 63.1 Å². The molecule has 1 aliphatic rings. The minimum atomic E-state index is -1.21. The average molecular weight is 457 g/mol. The van der Waals surface area contributed by atoms with E-state index in [0.717, 1.165) is 12.8 Å². The van der Waals surface area contributed by atoms with E-state index >= 15 is 0 Å². The van der Waals surface area contributed by atoms with Crippen molar-refractivity contribution < 1.29 is 24.3 Å². The Bertz CT molecular complexity index is 683.